The van der Waals surface area contributed by atoms with Crippen molar-refractivity contribution in [3.63, 3.8) is 0 Å². The molecule has 1 heteroatoms. The lowest BCUT2D eigenvalue weighted by atomic mass is 10.1. The van der Waals surface area contributed by atoms with Gasteiger partial charge in [-0.1, -0.05) is 19.9 Å². The first-order valence-electron chi connectivity index (χ1n) is 3.52. The van der Waals surface area contributed by atoms with Crippen molar-refractivity contribution in [3.05, 3.63) is 12.7 Å². The Hall–Kier alpha value is -0.300. The van der Waals surface area contributed by atoms with Crippen LogP contribution in [-0.2, 0) is 0 Å². The molecule has 0 saturated carbocycles. The normalized spacial score (nSPS) is 13.8. The standard InChI is InChI=1S/C8H17N/c1-5-6-9-8(4)7(2)3/h5,7-9H,1,6H2,2-4H3. The van der Waals surface area contributed by atoms with E-state index in [-0.39, 0.29) is 0 Å². The van der Waals surface area contributed by atoms with E-state index in [4.69, 9.17) is 0 Å². The van der Waals surface area contributed by atoms with Crippen LogP contribution in [0.4, 0.5) is 0 Å². The first-order valence-corrected chi connectivity index (χ1v) is 3.52. The molecule has 0 amide bonds. The highest BCUT2D eigenvalue weighted by Gasteiger charge is 2.02. The largest absolute Gasteiger partial charge is 0.311 e. The fourth-order valence-electron chi connectivity index (χ4n) is 0.505. The topological polar surface area (TPSA) is 12.0 Å². The Balaban J connectivity index is 3.26. The first-order chi connectivity index (χ1) is 4.18. The van der Waals surface area contributed by atoms with Crippen molar-refractivity contribution >= 4 is 0 Å². The summed E-state index contributed by atoms with van der Waals surface area (Å²) < 4.78 is 0. The van der Waals surface area contributed by atoms with E-state index >= 15 is 0 Å². The van der Waals surface area contributed by atoms with Crippen LogP contribution < -0.4 is 5.32 Å². The molecular formula is C8H17N. The van der Waals surface area contributed by atoms with Gasteiger partial charge in [0, 0.05) is 12.6 Å². The number of rotatable bonds is 4. The zero-order valence-corrected chi connectivity index (χ0v) is 6.65. The van der Waals surface area contributed by atoms with Crippen LogP contribution in [0, 0.1) is 5.92 Å². The first kappa shape index (κ1) is 8.70. The molecule has 0 spiro atoms. The zero-order valence-electron chi connectivity index (χ0n) is 6.65. The molecule has 0 aromatic carbocycles. The zero-order chi connectivity index (χ0) is 7.28. The number of nitrogens with one attached hydrogen (secondary N) is 1. The number of hydrogen-bond acceptors (Lipinski definition) is 1. The van der Waals surface area contributed by atoms with Gasteiger partial charge in [0.2, 0.25) is 0 Å². The van der Waals surface area contributed by atoms with Gasteiger partial charge in [0.25, 0.3) is 0 Å². The molecule has 0 bridgehead atoms. The fourth-order valence-corrected chi connectivity index (χ4v) is 0.505. The second-order valence-electron chi connectivity index (χ2n) is 2.73. The average molecular weight is 127 g/mol. The fraction of sp³-hybridized carbons (Fsp3) is 0.750. The molecule has 0 aliphatic heterocycles. The molecule has 1 nitrogen and oxygen atoms in total. The maximum Gasteiger partial charge on any atom is 0.0134 e. The van der Waals surface area contributed by atoms with Gasteiger partial charge < -0.3 is 5.32 Å². The third-order valence-electron chi connectivity index (χ3n) is 1.58. The lowest BCUT2D eigenvalue weighted by Crippen LogP contribution is -2.30. The molecule has 0 aromatic heterocycles. The van der Waals surface area contributed by atoms with Crippen molar-refractivity contribution in [2.45, 2.75) is 26.8 Å². The van der Waals surface area contributed by atoms with Crippen molar-refractivity contribution in [1.29, 1.82) is 0 Å². The van der Waals surface area contributed by atoms with Crippen molar-refractivity contribution in [3.8, 4) is 0 Å². The molecule has 1 N–H and O–H groups in total. The third-order valence-corrected chi connectivity index (χ3v) is 1.58. The average Bonchev–Trinajstić information content (AvgIpc) is 1.82. The van der Waals surface area contributed by atoms with Crippen LogP contribution in [0.2, 0.25) is 0 Å². The molecule has 54 valence electrons. The predicted octanol–water partition coefficient (Wildman–Crippen LogP) is 1.81. The monoisotopic (exact) mass is 127 g/mol. The highest BCUT2D eigenvalue weighted by atomic mass is 14.9. The van der Waals surface area contributed by atoms with Crippen LogP contribution >= 0.6 is 0 Å². The van der Waals surface area contributed by atoms with Crippen LogP contribution in [0.3, 0.4) is 0 Å². The molecular weight excluding hydrogens is 110 g/mol. The lowest BCUT2D eigenvalue weighted by Gasteiger charge is -2.15. The molecule has 9 heavy (non-hydrogen) atoms. The van der Waals surface area contributed by atoms with Crippen LogP contribution in [0.15, 0.2) is 12.7 Å². The highest BCUT2D eigenvalue weighted by molar-refractivity contribution is 4.73. The second-order valence-corrected chi connectivity index (χ2v) is 2.73. The third kappa shape index (κ3) is 4.22. The van der Waals surface area contributed by atoms with Crippen LogP contribution in [-0.4, -0.2) is 12.6 Å². The van der Waals surface area contributed by atoms with E-state index in [0.29, 0.717) is 12.0 Å². The quantitative estimate of drug-likeness (QED) is 0.568. The van der Waals surface area contributed by atoms with Gasteiger partial charge in [-0.15, -0.1) is 6.58 Å². The molecule has 0 saturated heterocycles. The van der Waals surface area contributed by atoms with Gasteiger partial charge in [-0.25, -0.2) is 0 Å². The Kier molecular flexibility index (Phi) is 4.41. The van der Waals surface area contributed by atoms with Crippen molar-refractivity contribution in [2.75, 3.05) is 6.54 Å². The van der Waals surface area contributed by atoms with E-state index in [1.165, 1.54) is 0 Å². The Morgan fingerprint density at radius 3 is 2.33 bits per heavy atom. The molecule has 0 radical (unpaired) electrons. The van der Waals surface area contributed by atoms with Gasteiger partial charge >= 0.3 is 0 Å². The summed E-state index contributed by atoms with van der Waals surface area (Å²) in [6.45, 7) is 11.2. The van der Waals surface area contributed by atoms with Gasteiger partial charge in [-0.3, -0.25) is 0 Å². The Morgan fingerprint density at radius 2 is 2.00 bits per heavy atom. The summed E-state index contributed by atoms with van der Waals surface area (Å²) in [5, 5.41) is 3.31. The smallest absolute Gasteiger partial charge is 0.0134 e. The van der Waals surface area contributed by atoms with E-state index in [1.54, 1.807) is 0 Å². The van der Waals surface area contributed by atoms with Gasteiger partial charge in [0.1, 0.15) is 0 Å². The summed E-state index contributed by atoms with van der Waals surface area (Å²) in [5.41, 5.74) is 0. The van der Waals surface area contributed by atoms with Crippen LogP contribution in [0.1, 0.15) is 20.8 Å². The summed E-state index contributed by atoms with van der Waals surface area (Å²) in [6.07, 6.45) is 1.89. The van der Waals surface area contributed by atoms with Crippen molar-refractivity contribution in [1.82, 2.24) is 5.32 Å². The maximum absolute atomic E-state index is 3.63. The second kappa shape index (κ2) is 4.57. The Morgan fingerprint density at radius 1 is 1.44 bits per heavy atom. The molecule has 1 unspecified atom stereocenters. The minimum Gasteiger partial charge on any atom is -0.311 e. The summed E-state index contributed by atoms with van der Waals surface area (Å²) >= 11 is 0. The predicted molar refractivity (Wildman–Crippen MR) is 42.5 cm³/mol. The van der Waals surface area contributed by atoms with Gasteiger partial charge in [0.05, 0.1) is 0 Å². The molecule has 1 atom stereocenters. The van der Waals surface area contributed by atoms with E-state index < -0.39 is 0 Å². The highest BCUT2D eigenvalue weighted by Crippen LogP contribution is 1.98. The van der Waals surface area contributed by atoms with E-state index in [1.807, 2.05) is 6.08 Å². The summed E-state index contributed by atoms with van der Waals surface area (Å²) in [5.74, 6) is 0.713. The van der Waals surface area contributed by atoms with E-state index in [9.17, 15) is 0 Å². The minimum atomic E-state index is 0.600. The maximum atomic E-state index is 3.63. The van der Waals surface area contributed by atoms with Crippen molar-refractivity contribution < 1.29 is 0 Å². The summed E-state index contributed by atoms with van der Waals surface area (Å²) in [6, 6.07) is 0.600. The Labute approximate surface area is 58.2 Å². The van der Waals surface area contributed by atoms with E-state index in [0.717, 1.165) is 6.54 Å². The number of hydrogen-bond donors (Lipinski definition) is 1. The lowest BCUT2D eigenvalue weighted by molar-refractivity contribution is 0.445. The molecule has 0 fully saturated rings. The van der Waals surface area contributed by atoms with Crippen LogP contribution in [0.5, 0.6) is 0 Å². The van der Waals surface area contributed by atoms with Gasteiger partial charge in [-0.05, 0) is 12.8 Å². The van der Waals surface area contributed by atoms with Crippen LogP contribution in [0.25, 0.3) is 0 Å². The molecule has 0 heterocycles. The SMILES string of the molecule is C=CCNC(C)C(C)C. The van der Waals surface area contributed by atoms with Crippen molar-refractivity contribution in [2.24, 2.45) is 5.92 Å². The van der Waals surface area contributed by atoms with Gasteiger partial charge in [-0.2, -0.15) is 0 Å². The summed E-state index contributed by atoms with van der Waals surface area (Å²) in [4.78, 5) is 0. The molecule has 0 aliphatic carbocycles. The molecule has 0 aliphatic rings. The van der Waals surface area contributed by atoms with E-state index in [2.05, 4.69) is 32.7 Å². The summed E-state index contributed by atoms with van der Waals surface area (Å²) in [7, 11) is 0. The molecule has 0 aromatic rings. The Bertz CT molecular complexity index is 76.6. The minimum absolute atomic E-state index is 0.600. The van der Waals surface area contributed by atoms with Gasteiger partial charge in [0.15, 0.2) is 0 Å². The molecule has 0 rings (SSSR count).